The first-order valence-electron chi connectivity index (χ1n) is 13.6. The van der Waals surface area contributed by atoms with Gasteiger partial charge in [-0.1, -0.05) is 19.4 Å². The lowest BCUT2D eigenvalue weighted by Gasteiger charge is -2.27. The normalized spacial score (nSPS) is 16.7. The van der Waals surface area contributed by atoms with Crippen molar-refractivity contribution in [3.05, 3.63) is 29.3 Å². The summed E-state index contributed by atoms with van der Waals surface area (Å²) in [5, 5.41) is 8.08. The average Bonchev–Trinajstić information content (AvgIpc) is 3.19. The van der Waals surface area contributed by atoms with Gasteiger partial charge in [-0.25, -0.2) is 0 Å². The zero-order chi connectivity index (χ0) is 28.7. The summed E-state index contributed by atoms with van der Waals surface area (Å²) in [5.41, 5.74) is 0.903. The fraction of sp³-hybridized carbons (Fsp3) is 0.593. The van der Waals surface area contributed by atoms with Crippen LogP contribution >= 0.6 is 0 Å². The third-order valence-corrected chi connectivity index (χ3v) is 6.23. The van der Waals surface area contributed by atoms with E-state index in [0.29, 0.717) is 65.0 Å². The van der Waals surface area contributed by atoms with Crippen LogP contribution in [0.2, 0.25) is 0 Å². The Bertz CT molecular complexity index is 1050. The number of ether oxygens (including phenoxy) is 4. The van der Waals surface area contributed by atoms with Crippen LogP contribution in [-0.4, -0.2) is 106 Å². The zero-order valence-corrected chi connectivity index (χ0v) is 22.8. The number of carbonyl (C=O) groups excluding carboxylic acids is 5. The van der Waals surface area contributed by atoms with E-state index in [2.05, 4.69) is 22.9 Å². The number of imide groups is 2. The topological polar surface area (TPSA) is 162 Å². The lowest BCUT2D eigenvalue weighted by atomic mass is 10.0. The van der Waals surface area contributed by atoms with Crippen molar-refractivity contribution in [2.75, 3.05) is 71.3 Å². The Morgan fingerprint density at radius 3 is 2.27 bits per heavy atom. The predicted octanol–water partition coefficient (Wildman–Crippen LogP) is 0.482. The van der Waals surface area contributed by atoms with Gasteiger partial charge in [0.2, 0.25) is 17.7 Å². The quantitative estimate of drug-likeness (QED) is 0.160. The number of carbonyl (C=O) groups is 5. The maximum absolute atomic E-state index is 13.1. The van der Waals surface area contributed by atoms with Gasteiger partial charge < -0.3 is 29.6 Å². The Morgan fingerprint density at radius 2 is 1.60 bits per heavy atom. The summed E-state index contributed by atoms with van der Waals surface area (Å²) >= 11 is 0. The Kier molecular flexibility index (Phi) is 13.0. The van der Waals surface area contributed by atoms with Gasteiger partial charge in [-0.3, -0.25) is 34.2 Å². The molecule has 2 aliphatic heterocycles. The molecule has 0 radical (unpaired) electrons. The summed E-state index contributed by atoms with van der Waals surface area (Å²) in [7, 11) is 0. The molecule has 2 heterocycles. The van der Waals surface area contributed by atoms with Gasteiger partial charge in [0.25, 0.3) is 11.8 Å². The van der Waals surface area contributed by atoms with Crippen molar-refractivity contribution in [1.29, 1.82) is 0 Å². The van der Waals surface area contributed by atoms with Gasteiger partial charge >= 0.3 is 0 Å². The molecule has 1 saturated heterocycles. The summed E-state index contributed by atoms with van der Waals surface area (Å²) in [6.07, 6.45) is 2.15. The maximum Gasteiger partial charge on any atom is 0.264 e. The number of anilines is 1. The number of nitrogens with zero attached hydrogens (tertiary/aromatic N) is 1. The molecule has 2 aliphatic rings. The Morgan fingerprint density at radius 1 is 0.925 bits per heavy atom. The molecular weight excluding hydrogens is 524 g/mol. The van der Waals surface area contributed by atoms with Crippen molar-refractivity contribution >= 4 is 35.2 Å². The maximum atomic E-state index is 13.1. The second kappa shape index (κ2) is 16.7. The van der Waals surface area contributed by atoms with Crippen LogP contribution in [0.5, 0.6) is 0 Å². The van der Waals surface area contributed by atoms with Gasteiger partial charge in [0.15, 0.2) is 0 Å². The van der Waals surface area contributed by atoms with Crippen LogP contribution in [0.3, 0.4) is 0 Å². The molecule has 1 fully saturated rings. The number of hydrogen-bond acceptors (Lipinski definition) is 10. The van der Waals surface area contributed by atoms with Crippen molar-refractivity contribution in [2.45, 2.75) is 38.6 Å². The molecule has 13 heteroatoms. The second-order valence-electron chi connectivity index (χ2n) is 9.20. The molecule has 13 nitrogen and oxygen atoms in total. The van der Waals surface area contributed by atoms with Crippen LogP contribution in [0.25, 0.3) is 0 Å². The molecule has 220 valence electrons. The van der Waals surface area contributed by atoms with E-state index in [1.54, 1.807) is 18.2 Å². The fourth-order valence-electron chi connectivity index (χ4n) is 4.20. The van der Waals surface area contributed by atoms with Crippen molar-refractivity contribution in [2.24, 2.45) is 0 Å². The van der Waals surface area contributed by atoms with E-state index in [4.69, 9.17) is 18.9 Å². The average molecular weight is 563 g/mol. The zero-order valence-electron chi connectivity index (χ0n) is 22.8. The van der Waals surface area contributed by atoms with E-state index in [-0.39, 0.29) is 36.5 Å². The lowest BCUT2D eigenvalue weighted by Crippen LogP contribution is -2.54. The van der Waals surface area contributed by atoms with Gasteiger partial charge in [-0.15, -0.1) is 0 Å². The highest BCUT2D eigenvalue weighted by Crippen LogP contribution is 2.32. The van der Waals surface area contributed by atoms with E-state index >= 15 is 0 Å². The van der Waals surface area contributed by atoms with Gasteiger partial charge in [-0.05, 0) is 25.0 Å². The van der Waals surface area contributed by atoms with E-state index < -0.39 is 29.7 Å². The standard InChI is InChI=1S/C27H38N4O9/c1-2-3-9-29-23(33)18-40-17-16-39-15-14-38-13-12-37-11-10-28-20-6-4-5-19-24(20)27(36)31(26(19)35)21-7-8-22(32)30-25(21)34/h4-6,21,28H,2-3,7-18H2,1H3,(H,29,33)(H,30,32,34). The van der Waals surface area contributed by atoms with E-state index in [0.717, 1.165) is 17.7 Å². The highest BCUT2D eigenvalue weighted by Gasteiger charge is 2.45. The van der Waals surface area contributed by atoms with Crippen molar-refractivity contribution < 1.29 is 42.9 Å². The van der Waals surface area contributed by atoms with Crippen molar-refractivity contribution in [1.82, 2.24) is 15.5 Å². The monoisotopic (exact) mass is 562 g/mol. The van der Waals surface area contributed by atoms with Crippen LogP contribution in [0, 0.1) is 0 Å². The molecule has 3 N–H and O–H groups in total. The van der Waals surface area contributed by atoms with Crippen LogP contribution in [-0.2, 0) is 33.3 Å². The molecule has 1 unspecified atom stereocenters. The van der Waals surface area contributed by atoms with E-state index in [1.165, 1.54) is 0 Å². The molecule has 0 aliphatic carbocycles. The fourth-order valence-corrected chi connectivity index (χ4v) is 4.20. The smallest absolute Gasteiger partial charge is 0.264 e. The summed E-state index contributed by atoms with van der Waals surface area (Å²) in [5.74, 6) is -2.29. The number of piperidine rings is 1. The number of fused-ring (bicyclic) bond motifs is 1. The summed E-state index contributed by atoms with van der Waals surface area (Å²) in [6, 6.07) is 3.89. The first kappa shape index (κ1) is 31.1. The molecule has 0 saturated carbocycles. The number of nitrogens with one attached hydrogen (secondary N) is 3. The second-order valence-corrected chi connectivity index (χ2v) is 9.20. The number of hydrogen-bond donors (Lipinski definition) is 3. The summed E-state index contributed by atoms with van der Waals surface area (Å²) in [4.78, 5) is 62.1. The third-order valence-electron chi connectivity index (χ3n) is 6.23. The Balaban J connectivity index is 1.24. The first-order chi connectivity index (χ1) is 19.4. The number of unbranched alkanes of at least 4 members (excludes halogenated alkanes) is 1. The molecule has 3 rings (SSSR count). The van der Waals surface area contributed by atoms with Crippen LogP contribution in [0.4, 0.5) is 5.69 Å². The number of amides is 5. The van der Waals surface area contributed by atoms with Crippen LogP contribution in [0.1, 0.15) is 53.3 Å². The molecule has 0 aromatic heterocycles. The van der Waals surface area contributed by atoms with Crippen LogP contribution < -0.4 is 16.0 Å². The summed E-state index contributed by atoms with van der Waals surface area (Å²) < 4.78 is 21.6. The van der Waals surface area contributed by atoms with Crippen molar-refractivity contribution in [3.8, 4) is 0 Å². The molecule has 1 atom stereocenters. The number of benzene rings is 1. The minimum Gasteiger partial charge on any atom is -0.382 e. The van der Waals surface area contributed by atoms with Gasteiger partial charge in [0, 0.05) is 25.2 Å². The van der Waals surface area contributed by atoms with Gasteiger partial charge in [0.1, 0.15) is 12.6 Å². The molecule has 0 bridgehead atoms. The SMILES string of the molecule is CCCCNC(=O)COCCOCCOCCOCCNc1cccc2c1C(=O)N(C1CCC(=O)NC1=O)C2=O. The molecule has 1 aromatic rings. The van der Waals surface area contributed by atoms with E-state index in [9.17, 15) is 24.0 Å². The van der Waals surface area contributed by atoms with Crippen LogP contribution in [0.15, 0.2) is 18.2 Å². The van der Waals surface area contributed by atoms with Gasteiger partial charge in [0.05, 0.1) is 57.4 Å². The highest BCUT2D eigenvalue weighted by atomic mass is 16.6. The Hall–Kier alpha value is -3.39. The summed E-state index contributed by atoms with van der Waals surface area (Å²) in [6.45, 7) is 5.72. The largest absolute Gasteiger partial charge is 0.382 e. The first-order valence-corrected chi connectivity index (χ1v) is 13.6. The number of rotatable bonds is 19. The molecule has 1 aromatic carbocycles. The lowest BCUT2D eigenvalue weighted by molar-refractivity contribution is -0.136. The highest BCUT2D eigenvalue weighted by molar-refractivity contribution is 6.25. The minimum absolute atomic E-state index is 0.0256. The molecule has 0 spiro atoms. The van der Waals surface area contributed by atoms with E-state index in [1.807, 2.05) is 0 Å². The minimum atomic E-state index is -1.01. The molecule has 40 heavy (non-hydrogen) atoms. The third kappa shape index (κ3) is 9.08. The predicted molar refractivity (Wildman–Crippen MR) is 143 cm³/mol. The Labute approximate surface area is 233 Å². The molecular formula is C27H38N4O9. The van der Waals surface area contributed by atoms with Crippen molar-refractivity contribution in [3.63, 3.8) is 0 Å². The molecule has 5 amide bonds. The van der Waals surface area contributed by atoms with Gasteiger partial charge in [-0.2, -0.15) is 0 Å².